The molecule has 0 saturated heterocycles. The highest BCUT2D eigenvalue weighted by Crippen LogP contribution is 2.13. The number of fused-ring (bicyclic) bond motifs is 1. The van der Waals surface area contributed by atoms with E-state index in [0.717, 1.165) is 17.0 Å². The molecule has 2 aromatic heterocycles. The summed E-state index contributed by atoms with van der Waals surface area (Å²) in [5, 5.41) is 7.66. The molecule has 26 heavy (non-hydrogen) atoms. The number of benzene rings is 1. The van der Waals surface area contributed by atoms with Gasteiger partial charge >= 0.3 is 0 Å². The van der Waals surface area contributed by atoms with E-state index in [1.807, 2.05) is 26.8 Å². The van der Waals surface area contributed by atoms with Crippen molar-refractivity contribution >= 4 is 16.8 Å². The number of nitrogens with zero attached hydrogens (tertiary/aromatic N) is 3. The van der Waals surface area contributed by atoms with E-state index in [4.69, 9.17) is 0 Å². The molecule has 0 fully saturated rings. The van der Waals surface area contributed by atoms with Crippen molar-refractivity contribution in [2.75, 3.05) is 6.54 Å². The molecule has 136 valence electrons. The lowest BCUT2D eigenvalue weighted by atomic mass is 10.1. The topological polar surface area (TPSA) is 94.7 Å². The molecule has 3 aromatic rings. The molecule has 0 saturated carbocycles. The van der Waals surface area contributed by atoms with Crippen molar-refractivity contribution < 1.29 is 4.79 Å². The normalized spacial score (nSPS) is 11.0. The molecular weight excluding hydrogens is 330 g/mol. The fourth-order valence-electron chi connectivity index (χ4n) is 3.10. The fraction of sp³-hybridized carbons (Fsp3) is 0.368. The Morgan fingerprint density at radius 1 is 1.23 bits per heavy atom. The SMILES string of the molecule is CCN(Cc1nc2ccccc2c(=O)[nH]1)C(=O)CCc1c(C)n[nH]c1C. The minimum atomic E-state index is -0.182. The van der Waals surface area contributed by atoms with Crippen LogP contribution in [-0.4, -0.2) is 37.5 Å². The first kappa shape index (κ1) is 17.8. The minimum Gasteiger partial charge on any atom is -0.335 e. The van der Waals surface area contributed by atoms with Crippen molar-refractivity contribution in [3.8, 4) is 0 Å². The van der Waals surface area contributed by atoms with E-state index >= 15 is 0 Å². The molecule has 0 aliphatic heterocycles. The Kier molecular flexibility index (Phi) is 5.16. The standard InChI is InChI=1S/C19H23N5O2/c1-4-24(18(25)10-9-14-12(2)22-23-13(14)3)11-17-20-16-8-6-5-7-15(16)19(26)21-17/h5-8H,4,9-11H2,1-3H3,(H,22,23)(H,20,21,26). The Morgan fingerprint density at radius 3 is 2.69 bits per heavy atom. The van der Waals surface area contributed by atoms with Crippen molar-refractivity contribution in [3.63, 3.8) is 0 Å². The fourth-order valence-corrected chi connectivity index (χ4v) is 3.10. The van der Waals surface area contributed by atoms with E-state index < -0.39 is 0 Å². The second kappa shape index (κ2) is 7.51. The number of carbonyl (C=O) groups excluding carboxylic acids is 1. The first-order valence-corrected chi connectivity index (χ1v) is 8.75. The van der Waals surface area contributed by atoms with Gasteiger partial charge in [0.25, 0.3) is 5.56 Å². The van der Waals surface area contributed by atoms with E-state index in [2.05, 4.69) is 20.2 Å². The number of nitrogens with one attached hydrogen (secondary N) is 2. The van der Waals surface area contributed by atoms with Gasteiger partial charge in [-0.1, -0.05) is 12.1 Å². The van der Waals surface area contributed by atoms with Crippen molar-refractivity contribution in [2.24, 2.45) is 0 Å². The highest BCUT2D eigenvalue weighted by Gasteiger charge is 2.16. The number of aromatic nitrogens is 4. The monoisotopic (exact) mass is 353 g/mol. The number of aromatic amines is 2. The second-order valence-electron chi connectivity index (χ2n) is 6.35. The van der Waals surface area contributed by atoms with E-state index in [9.17, 15) is 9.59 Å². The Balaban J connectivity index is 1.73. The third kappa shape index (κ3) is 3.66. The Morgan fingerprint density at radius 2 is 2.00 bits per heavy atom. The molecular formula is C19H23N5O2. The van der Waals surface area contributed by atoms with Crippen LogP contribution in [0.4, 0.5) is 0 Å². The largest absolute Gasteiger partial charge is 0.335 e. The summed E-state index contributed by atoms with van der Waals surface area (Å²) in [5.74, 6) is 0.530. The molecule has 7 nitrogen and oxygen atoms in total. The van der Waals surface area contributed by atoms with Crippen LogP contribution in [0.3, 0.4) is 0 Å². The number of para-hydroxylation sites is 1. The Labute approximate surface area is 151 Å². The number of H-pyrrole nitrogens is 2. The lowest BCUT2D eigenvalue weighted by molar-refractivity contribution is -0.131. The van der Waals surface area contributed by atoms with Crippen LogP contribution in [-0.2, 0) is 17.8 Å². The summed E-state index contributed by atoms with van der Waals surface area (Å²) in [4.78, 5) is 33.8. The Hall–Kier alpha value is -2.96. The molecule has 0 aliphatic rings. The maximum absolute atomic E-state index is 12.6. The molecule has 0 unspecified atom stereocenters. The molecule has 7 heteroatoms. The van der Waals surface area contributed by atoms with Gasteiger partial charge in [-0.25, -0.2) is 4.98 Å². The highest BCUT2D eigenvalue weighted by molar-refractivity contribution is 5.78. The van der Waals surface area contributed by atoms with E-state index in [0.29, 0.717) is 42.7 Å². The summed E-state index contributed by atoms with van der Waals surface area (Å²) in [6.45, 7) is 6.66. The maximum atomic E-state index is 12.6. The van der Waals surface area contributed by atoms with Gasteiger partial charge in [-0.3, -0.25) is 14.7 Å². The number of aryl methyl sites for hydroxylation is 2. The molecule has 0 atom stereocenters. The van der Waals surface area contributed by atoms with Gasteiger partial charge in [0.1, 0.15) is 5.82 Å². The van der Waals surface area contributed by atoms with Crippen molar-refractivity contribution in [2.45, 2.75) is 40.2 Å². The van der Waals surface area contributed by atoms with Gasteiger partial charge in [0.15, 0.2) is 0 Å². The zero-order chi connectivity index (χ0) is 18.7. The highest BCUT2D eigenvalue weighted by atomic mass is 16.2. The summed E-state index contributed by atoms with van der Waals surface area (Å²) in [6.07, 6.45) is 1.04. The van der Waals surface area contributed by atoms with Gasteiger partial charge in [0, 0.05) is 18.7 Å². The van der Waals surface area contributed by atoms with Gasteiger partial charge in [-0.05, 0) is 44.9 Å². The van der Waals surface area contributed by atoms with Crippen molar-refractivity contribution in [1.82, 2.24) is 25.1 Å². The molecule has 3 rings (SSSR count). The van der Waals surface area contributed by atoms with Crippen LogP contribution in [0.5, 0.6) is 0 Å². The average Bonchev–Trinajstić information content (AvgIpc) is 2.95. The predicted molar refractivity (Wildman–Crippen MR) is 99.8 cm³/mol. The zero-order valence-electron chi connectivity index (χ0n) is 15.3. The number of hydrogen-bond acceptors (Lipinski definition) is 4. The van der Waals surface area contributed by atoms with Gasteiger partial charge < -0.3 is 9.88 Å². The summed E-state index contributed by atoms with van der Waals surface area (Å²) >= 11 is 0. The number of rotatable bonds is 6. The van der Waals surface area contributed by atoms with E-state index in [1.165, 1.54) is 0 Å². The van der Waals surface area contributed by atoms with E-state index in [-0.39, 0.29) is 11.5 Å². The summed E-state index contributed by atoms with van der Waals surface area (Å²) < 4.78 is 0. The number of amides is 1. The zero-order valence-corrected chi connectivity index (χ0v) is 15.3. The number of carbonyl (C=O) groups is 1. The molecule has 0 aliphatic carbocycles. The third-order valence-electron chi connectivity index (χ3n) is 4.61. The average molecular weight is 353 g/mol. The summed E-state index contributed by atoms with van der Waals surface area (Å²) in [5.41, 5.74) is 3.47. The smallest absolute Gasteiger partial charge is 0.258 e. The van der Waals surface area contributed by atoms with E-state index in [1.54, 1.807) is 23.1 Å². The van der Waals surface area contributed by atoms with Gasteiger partial charge in [0.2, 0.25) is 5.91 Å². The van der Waals surface area contributed by atoms with Crippen LogP contribution in [0.25, 0.3) is 10.9 Å². The van der Waals surface area contributed by atoms with Crippen LogP contribution < -0.4 is 5.56 Å². The van der Waals surface area contributed by atoms with Crippen LogP contribution >= 0.6 is 0 Å². The first-order valence-electron chi connectivity index (χ1n) is 8.75. The maximum Gasteiger partial charge on any atom is 0.258 e. The molecule has 0 spiro atoms. The van der Waals surface area contributed by atoms with Crippen LogP contribution in [0, 0.1) is 13.8 Å². The second-order valence-corrected chi connectivity index (χ2v) is 6.35. The van der Waals surface area contributed by atoms with Gasteiger partial charge in [-0.15, -0.1) is 0 Å². The van der Waals surface area contributed by atoms with Crippen LogP contribution in [0.1, 0.15) is 36.1 Å². The first-order chi connectivity index (χ1) is 12.5. The lowest BCUT2D eigenvalue weighted by Crippen LogP contribution is -2.32. The molecule has 2 N–H and O–H groups in total. The molecule has 0 radical (unpaired) electrons. The minimum absolute atomic E-state index is 0.0308. The van der Waals surface area contributed by atoms with Gasteiger partial charge in [0.05, 0.1) is 23.1 Å². The molecule has 1 aromatic carbocycles. The predicted octanol–water partition coefficient (Wildman–Crippen LogP) is 2.24. The summed E-state index contributed by atoms with van der Waals surface area (Å²) in [6, 6.07) is 7.19. The molecule has 2 heterocycles. The Bertz CT molecular complexity index is 970. The molecule has 0 bridgehead atoms. The quantitative estimate of drug-likeness (QED) is 0.710. The van der Waals surface area contributed by atoms with Crippen molar-refractivity contribution in [1.29, 1.82) is 0 Å². The van der Waals surface area contributed by atoms with Crippen LogP contribution in [0.15, 0.2) is 29.1 Å². The lowest BCUT2D eigenvalue weighted by Gasteiger charge is -2.20. The van der Waals surface area contributed by atoms with Gasteiger partial charge in [-0.2, -0.15) is 5.10 Å². The third-order valence-corrected chi connectivity index (χ3v) is 4.61. The van der Waals surface area contributed by atoms with Crippen LogP contribution in [0.2, 0.25) is 0 Å². The number of hydrogen-bond donors (Lipinski definition) is 2. The molecule has 1 amide bonds. The van der Waals surface area contributed by atoms with Crippen molar-refractivity contribution in [3.05, 3.63) is 57.4 Å². The summed E-state index contributed by atoms with van der Waals surface area (Å²) in [7, 11) is 0.